The van der Waals surface area contributed by atoms with E-state index in [1.165, 1.54) is 0 Å². The molecule has 0 aromatic rings. The van der Waals surface area contributed by atoms with Gasteiger partial charge in [-0.2, -0.15) is 0 Å². The minimum atomic E-state index is -1.18. The Balaban J connectivity index is 2.36. The first-order valence-electron chi connectivity index (χ1n) is 5.96. The summed E-state index contributed by atoms with van der Waals surface area (Å²) in [4.78, 5) is 33.0. The van der Waals surface area contributed by atoms with Gasteiger partial charge in [0.2, 0.25) is 11.8 Å². The molecule has 0 heterocycles. The number of hydrogen-bond acceptors (Lipinski definition) is 4. The van der Waals surface area contributed by atoms with E-state index < -0.39 is 23.8 Å². The van der Waals surface area contributed by atoms with Crippen LogP contribution in [-0.4, -0.2) is 35.0 Å². The van der Waals surface area contributed by atoms with Crippen LogP contribution in [0.5, 0.6) is 0 Å². The van der Waals surface area contributed by atoms with Crippen molar-refractivity contribution in [2.75, 3.05) is 0 Å². The zero-order valence-electron chi connectivity index (χ0n) is 10.1. The van der Waals surface area contributed by atoms with E-state index in [1.807, 2.05) is 0 Å². The standard InChI is InChI=1S/C11H19N3O4/c12-7(6-1-2-6)5-10(16)14-8(11(17)18)3-4-9(13)15/h6-8H,1-5,12H2,(H2,13,15)(H,14,16)(H,17,18)/t7?,8-/m0/s1. The van der Waals surface area contributed by atoms with Crippen molar-refractivity contribution in [1.82, 2.24) is 5.32 Å². The molecule has 0 radical (unpaired) electrons. The Hall–Kier alpha value is -1.63. The maximum Gasteiger partial charge on any atom is 0.326 e. The highest BCUT2D eigenvalue weighted by Gasteiger charge is 2.30. The molecule has 1 saturated carbocycles. The minimum Gasteiger partial charge on any atom is -0.480 e. The summed E-state index contributed by atoms with van der Waals surface area (Å²) in [6.45, 7) is 0. The lowest BCUT2D eigenvalue weighted by atomic mass is 10.1. The predicted octanol–water partition coefficient (Wildman–Crippen LogP) is -1.05. The fraction of sp³-hybridized carbons (Fsp3) is 0.727. The number of carbonyl (C=O) groups is 3. The number of primary amides is 1. The molecule has 1 fully saturated rings. The fourth-order valence-corrected chi connectivity index (χ4v) is 1.70. The number of aliphatic carboxylic acids is 1. The lowest BCUT2D eigenvalue weighted by Gasteiger charge is -2.15. The fourth-order valence-electron chi connectivity index (χ4n) is 1.70. The Morgan fingerprint density at radius 2 is 1.94 bits per heavy atom. The van der Waals surface area contributed by atoms with Crippen molar-refractivity contribution in [3.63, 3.8) is 0 Å². The van der Waals surface area contributed by atoms with E-state index in [2.05, 4.69) is 5.32 Å². The summed E-state index contributed by atoms with van der Waals surface area (Å²) in [5, 5.41) is 11.3. The average Bonchev–Trinajstić information content (AvgIpc) is 3.06. The van der Waals surface area contributed by atoms with Crippen molar-refractivity contribution in [2.45, 2.75) is 44.2 Å². The van der Waals surface area contributed by atoms with Crippen molar-refractivity contribution in [3.8, 4) is 0 Å². The van der Waals surface area contributed by atoms with Gasteiger partial charge >= 0.3 is 5.97 Å². The van der Waals surface area contributed by atoms with Gasteiger partial charge in [0.15, 0.2) is 0 Å². The quantitative estimate of drug-likeness (QED) is 0.440. The first-order valence-corrected chi connectivity index (χ1v) is 5.96. The second kappa shape index (κ2) is 6.34. The van der Waals surface area contributed by atoms with E-state index >= 15 is 0 Å². The van der Waals surface area contributed by atoms with Crippen LogP contribution in [0.2, 0.25) is 0 Å². The average molecular weight is 257 g/mol. The van der Waals surface area contributed by atoms with Crippen LogP contribution in [0.4, 0.5) is 0 Å². The van der Waals surface area contributed by atoms with Crippen LogP contribution < -0.4 is 16.8 Å². The third-order valence-electron chi connectivity index (χ3n) is 2.96. The molecule has 1 aliphatic rings. The normalized spacial score (nSPS) is 17.8. The van der Waals surface area contributed by atoms with Gasteiger partial charge < -0.3 is 21.9 Å². The summed E-state index contributed by atoms with van der Waals surface area (Å²) in [5.41, 5.74) is 10.7. The SMILES string of the molecule is NC(=O)CC[C@H](NC(=O)CC(N)C1CC1)C(=O)O. The summed E-state index contributed by atoms with van der Waals surface area (Å²) in [6.07, 6.45) is 2.09. The Bertz CT molecular complexity index is 341. The molecule has 1 aliphatic carbocycles. The predicted molar refractivity (Wildman–Crippen MR) is 63.3 cm³/mol. The molecule has 0 spiro atoms. The summed E-state index contributed by atoms with van der Waals surface area (Å²) in [7, 11) is 0. The molecule has 0 aliphatic heterocycles. The molecule has 7 heteroatoms. The summed E-state index contributed by atoms with van der Waals surface area (Å²) in [5.74, 6) is -1.79. The van der Waals surface area contributed by atoms with Crippen molar-refractivity contribution in [1.29, 1.82) is 0 Å². The first kappa shape index (κ1) is 14.4. The number of carboxylic acid groups (broad SMARTS) is 1. The molecule has 2 amide bonds. The second-order valence-electron chi connectivity index (χ2n) is 4.67. The summed E-state index contributed by atoms with van der Waals surface area (Å²) in [6, 6.07) is -1.30. The van der Waals surface area contributed by atoms with E-state index in [9.17, 15) is 14.4 Å². The van der Waals surface area contributed by atoms with E-state index in [-0.39, 0.29) is 25.3 Å². The molecule has 0 bridgehead atoms. The highest BCUT2D eigenvalue weighted by molar-refractivity contribution is 5.84. The molecule has 102 valence electrons. The zero-order chi connectivity index (χ0) is 13.7. The van der Waals surface area contributed by atoms with Gasteiger partial charge in [-0.3, -0.25) is 9.59 Å². The maximum atomic E-state index is 11.6. The zero-order valence-corrected chi connectivity index (χ0v) is 10.1. The van der Waals surface area contributed by atoms with Crippen LogP contribution in [0.25, 0.3) is 0 Å². The Morgan fingerprint density at radius 1 is 1.33 bits per heavy atom. The Morgan fingerprint density at radius 3 is 2.39 bits per heavy atom. The number of carbonyl (C=O) groups excluding carboxylic acids is 2. The van der Waals surface area contributed by atoms with Gasteiger partial charge in [0, 0.05) is 18.9 Å². The smallest absolute Gasteiger partial charge is 0.326 e. The number of amides is 2. The molecule has 18 heavy (non-hydrogen) atoms. The lowest BCUT2D eigenvalue weighted by molar-refractivity contribution is -0.142. The van der Waals surface area contributed by atoms with E-state index in [0.29, 0.717) is 5.92 Å². The van der Waals surface area contributed by atoms with Crippen LogP contribution in [0.1, 0.15) is 32.1 Å². The molecule has 0 aromatic carbocycles. The number of hydrogen-bond donors (Lipinski definition) is 4. The molecule has 1 unspecified atom stereocenters. The van der Waals surface area contributed by atoms with Crippen LogP contribution in [0.3, 0.4) is 0 Å². The number of nitrogens with two attached hydrogens (primary N) is 2. The van der Waals surface area contributed by atoms with Gasteiger partial charge in [0.05, 0.1) is 0 Å². The minimum absolute atomic E-state index is 0.00489. The van der Waals surface area contributed by atoms with E-state index in [4.69, 9.17) is 16.6 Å². The molecule has 1 rings (SSSR count). The number of carboxylic acids is 1. The van der Waals surface area contributed by atoms with Crippen molar-refractivity contribution in [3.05, 3.63) is 0 Å². The van der Waals surface area contributed by atoms with Gasteiger partial charge in [-0.1, -0.05) is 0 Å². The Labute approximate surface area is 105 Å². The van der Waals surface area contributed by atoms with Crippen molar-refractivity contribution in [2.24, 2.45) is 17.4 Å². The van der Waals surface area contributed by atoms with Crippen LogP contribution in [-0.2, 0) is 14.4 Å². The summed E-state index contributed by atoms with van der Waals surface area (Å²) < 4.78 is 0. The maximum absolute atomic E-state index is 11.6. The van der Waals surface area contributed by atoms with Gasteiger partial charge in [0.1, 0.15) is 6.04 Å². The molecule has 2 atom stereocenters. The largest absolute Gasteiger partial charge is 0.480 e. The molecular weight excluding hydrogens is 238 g/mol. The Kier molecular flexibility index (Phi) is 5.08. The van der Waals surface area contributed by atoms with Crippen LogP contribution >= 0.6 is 0 Å². The molecule has 7 nitrogen and oxygen atoms in total. The van der Waals surface area contributed by atoms with Gasteiger partial charge in [-0.15, -0.1) is 0 Å². The molecule has 0 saturated heterocycles. The van der Waals surface area contributed by atoms with Gasteiger partial charge in [0.25, 0.3) is 0 Å². The van der Waals surface area contributed by atoms with Gasteiger partial charge in [-0.05, 0) is 25.2 Å². The lowest BCUT2D eigenvalue weighted by Crippen LogP contribution is -2.43. The van der Waals surface area contributed by atoms with Crippen LogP contribution in [0, 0.1) is 5.92 Å². The van der Waals surface area contributed by atoms with Crippen LogP contribution in [0.15, 0.2) is 0 Å². The monoisotopic (exact) mass is 257 g/mol. The molecular formula is C11H19N3O4. The number of rotatable bonds is 8. The molecule has 6 N–H and O–H groups in total. The van der Waals surface area contributed by atoms with Crippen molar-refractivity contribution >= 4 is 17.8 Å². The summed E-state index contributed by atoms with van der Waals surface area (Å²) >= 11 is 0. The third-order valence-corrected chi connectivity index (χ3v) is 2.96. The first-order chi connectivity index (χ1) is 8.40. The highest BCUT2D eigenvalue weighted by Crippen LogP contribution is 2.32. The molecule has 0 aromatic heterocycles. The van der Waals surface area contributed by atoms with E-state index in [1.54, 1.807) is 0 Å². The second-order valence-corrected chi connectivity index (χ2v) is 4.67. The van der Waals surface area contributed by atoms with Crippen molar-refractivity contribution < 1.29 is 19.5 Å². The van der Waals surface area contributed by atoms with Gasteiger partial charge in [-0.25, -0.2) is 4.79 Å². The number of nitrogens with one attached hydrogen (secondary N) is 1. The third kappa shape index (κ3) is 5.13. The van der Waals surface area contributed by atoms with E-state index in [0.717, 1.165) is 12.8 Å². The topological polar surface area (TPSA) is 136 Å². The highest BCUT2D eigenvalue weighted by atomic mass is 16.4.